The summed E-state index contributed by atoms with van der Waals surface area (Å²) in [5, 5.41) is 10.2. The summed E-state index contributed by atoms with van der Waals surface area (Å²) in [6, 6.07) is 10.3. The van der Waals surface area contributed by atoms with Crippen molar-refractivity contribution in [3.05, 3.63) is 35.9 Å². The molecule has 0 radical (unpaired) electrons. The van der Waals surface area contributed by atoms with E-state index in [1.165, 1.54) is 5.56 Å². The van der Waals surface area contributed by atoms with Gasteiger partial charge >= 0.3 is 0 Å². The third-order valence-corrected chi connectivity index (χ3v) is 3.68. The van der Waals surface area contributed by atoms with Gasteiger partial charge in [0.25, 0.3) is 0 Å². The number of rotatable bonds is 5. The number of hydrogen-bond donors (Lipinski definition) is 1. The molecule has 0 aliphatic carbocycles. The molecule has 0 saturated carbocycles. The Hall–Kier alpha value is -0.940. The molecule has 0 unspecified atom stereocenters. The maximum absolute atomic E-state index is 10.2. The second kappa shape index (κ2) is 7.55. The van der Waals surface area contributed by atoms with Gasteiger partial charge in [-0.3, -0.25) is 4.90 Å². The van der Waals surface area contributed by atoms with Gasteiger partial charge in [-0.1, -0.05) is 30.3 Å². The summed E-state index contributed by atoms with van der Waals surface area (Å²) in [6.07, 6.45) is -0.240. The van der Waals surface area contributed by atoms with Gasteiger partial charge < -0.3 is 14.6 Å². The Morgan fingerprint density at radius 1 is 1.27 bits per heavy atom. The molecule has 3 atom stereocenters. The van der Waals surface area contributed by atoms with Gasteiger partial charge in [0.2, 0.25) is 0 Å². The monoisotopic (exact) mass is 307 g/mol. The maximum atomic E-state index is 10.2. The summed E-state index contributed by atoms with van der Waals surface area (Å²) in [7, 11) is 0. The van der Waals surface area contributed by atoms with Crippen LogP contribution in [0.15, 0.2) is 30.3 Å². The van der Waals surface area contributed by atoms with Gasteiger partial charge in [0.1, 0.15) is 0 Å². The lowest BCUT2D eigenvalue weighted by atomic mass is 10.1. The van der Waals surface area contributed by atoms with Gasteiger partial charge in [-0.2, -0.15) is 0 Å². The van der Waals surface area contributed by atoms with Crippen molar-refractivity contribution >= 4 is 0 Å². The first-order chi connectivity index (χ1) is 10.3. The lowest BCUT2D eigenvalue weighted by Gasteiger charge is -2.38. The van der Waals surface area contributed by atoms with Crippen molar-refractivity contribution in [2.45, 2.75) is 51.6 Å². The van der Waals surface area contributed by atoms with Crippen molar-refractivity contribution in [3.8, 4) is 0 Å². The fourth-order valence-electron chi connectivity index (χ4n) is 2.74. The standard InChI is InChI=1S/C18H29NO3/c1-14-10-19(11-16(20)13-21-18(2,3)4)12-17(22-14)15-8-6-5-7-9-15/h5-9,14,16-17,20H,10-13H2,1-4H3/t14-,16+,17-/m1/s1. The molecule has 22 heavy (non-hydrogen) atoms. The van der Waals surface area contributed by atoms with Crippen molar-refractivity contribution in [1.82, 2.24) is 4.90 Å². The highest BCUT2D eigenvalue weighted by Gasteiger charge is 2.27. The van der Waals surface area contributed by atoms with Crippen LogP contribution in [0.1, 0.15) is 39.4 Å². The zero-order valence-corrected chi connectivity index (χ0v) is 14.2. The lowest BCUT2D eigenvalue weighted by Crippen LogP contribution is -2.47. The molecule has 4 nitrogen and oxygen atoms in total. The number of aliphatic hydroxyl groups is 1. The van der Waals surface area contributed by atoms with Crippen LogP contribution >= 0.6 is 0 Å². The molecule has 4 heteroatoms. The van der Waals surface area contributed by atoms with Gasteiger partial charge in [0.05, 0.1) is 30.5 Å². The third kappa shape index (κ3) is 5.69. The van der Waals surface area contributed by atoms with Crippen molar-refractivity contribution in [2.24, 2.45) is 0 Å². The predicted molar refractivity (Wildman–Crippen MR) is 87.9 cm³/mol. The second-order valence-corrected chi connectivity index (χ2v) is 7.14. The van der Waals surface area contributed by atoms with Crippen molar-refractivity contribution in [3.63, 3.8) is 0 Å². The minimum atomic E-state index is -0.471. The normalized spacial score (nSPS) is 25.1. The number of β-amino-alcohol motifs (C(OH)–C–C–N with tert-alkyl or cyclic N) is 1. The SMILES string of the molecule is C[C@@H]1CN(C[C@H](O)COC(C)(C)C)C[C@H](c2ccccc2)O1. The molecule has 0 aromatic heterocycles. The molecule has 1 aromatic carbocycles. The molecule has 1 saturated heterocycles. The van der Waals surface area contributed by atoms with Crippen LogP contribution in [-0.4, -0.2) is 54.1 Å². The summed E-state index contributed by atoms with van der Waals surface area (Å²) in [6.45, 7) is 10.7. The van der Waals surface area contributed by atoms with E-state index >= 15 is 0 Å². The molecule has 1 aliphatic rings. The van der Waals surface area contributed by atoms with Crippen molar-refractivity contribution < 1.29 is 14.6 Å². The van der Waals surface area contributed by atoms with E-state index in [2.05, 4.69) is 24.0 Å². The van der Waals surface area contributed by atoms with Gasteiger partial charge in [0, 0.05) is 19.6 Å². The molecule has 1 aliphatic heterocycles. The first-order valence-electron chi connectivity index (χ1n) is 8.08. The van der Waals surface area contributed by atoms with E-state index in [-0.39, 0.29) is 17.8 Å². The second-order valence-electron chi connectivity index (χ2n) is 7.14. The molecule has 1 fully saturated rings. The van der Waals surface area contributed by atoms with Gasteiger partial charge in [-0.25, -0.2) is 0 Å². The number of hydrogen-bond acceptors (Lipinski definition) is 4. The molecule has 1 heterocycles. The Bertz CT molecular complexity index is 443. The summed E-state index contributed by atoms with van der Waals surface area (Å²) < 4.78 is 11.7. The smallest absolute Gasteiger partial charge is 0.0956 e. The largest absolute Gasteiger partial charge is 0.389 e. The van der Waals surface area contributed by atoms with Crippen LogP contribution in [0.3, 0.4) is 0 Å². The van der Waals surface area contributed by atoms with Crippen LogP contribution < -0.4 is 0 Å². The molecule has 2 rings (SSSR count). The maximum Gasteiger partial charge on any atom is 0.0956 e. The van der Waals surface area contributed by atoms with E-state index in [1.807, 2.05) is 39.0 Å². The molecule has 0 spiro atoms. The van der Waals surface area contributed by atoms with Crippen molar-refractivity contribution in [2.75, 3.05) is 26.2 Å². The van der Waals surface area contributed by atoms with Crippen LogP contribution in [0.4, 0.5) is 0 Å². The summed E-state index contributed by atoms with van der Waals surface area (Å²) in [4.78, 5) is 2.27. The van der Waals surface area contributed by atoms with Crippen LogP contribution in [0.5, 0.6) is 0 Å². The quantitative estimate of drug-likeness (QED) is 0.908. The average Bonchev–Trinajstić information content (AvgIpc) is 2.45. The highest BCUT2D eigenvalue weighted by molar-refractivity contribution is 5.18. The molecule has 1 aromatic rings. The Balaban J connectivity index is 1.88. The molecular weight excluding hydrogens is 278 g/mol. The number of aliphatic hydroxyl groups excluding tert-OH is 1. The van der Waals surface area contributed by atoms with Gasteiger partial charge in [0.15, 0.2) is 0 Å². The number of morpholine rings is 1. The van der Waals surface area contributed by atoms with E-state index in [0.717, 1.165) is 13.1 Å². The van der Waals surface area contributed by atoms with E-state index in [4.69, 9.17) is 9.47 Å². The molecular formula is C18H29NO3. The summed E-state index contributed by atoms with van der Waals surface area (Å²) in [5.41, 5.74) is 0.978. The predicted octanol–water partition coefficient (Wildman–Crippen LogP) is 2.62. The van der Waals surface area contributed by atoms with E-state index in [0.29, 0.717) is 13.2 Å². The Morgan fingerprint density at radius 3 is 2.59 bits per heavy atom. The molecule has 1 N–H and O–H groups in total. The van der Waals surface area contributed by atoms with Crippen LogP contribution in [-0.2, 0) is 9.47 Å². The lowest BCUT2D eigenvalue weighted by molar-refractivity contribution is -0.0999. The zero-order valence-electron chi connectivity index (χ0n) is 14.2. The topological polar surface area (TPSA) is 41.9 Å². The van der Waals surface area contributed by atoms with Crippen molar-refractivity contribution in [1.29, 1.82) is 0 Å². The van der Waals surface area contributed by atoms with Gasteiger partial charge in [-0.15, -0.1) is 0 Å². The first kappa shape index (κ1) is 17.4. The third-order valence-electron chi connectivity index (χ3n) is 3.68. The highest BCUT2D eigenvalue weighted by Crippen LogP contribution is 2.25. The fourth-order valence-corrected chi connectivity index (χ4v) is 2.74. The summed E-state index contributed by atoms with van der Waals surface area (Å²) in [5.74, 6) is 0. The minimum Gasteiger partial charge on any atom is -0.389 e. The zero-order chi connectivity index (χ0) is 16.2. The van der Waals surface area contributed by atoms with Crippen LogP contribution in [0, 0.1) is 0 Å². The van der Waals surface area contributed by atoms with Crippen LogP contribution in [0.2, 0.25) is 0 Å². The summed E-state index contributed by atoms with van der Waals surface area (Å²) >= 11 is 0. The Labute approximate surface area is 134 Å². The van der Waals surface area contributed by atoms with Crippen LogP contribution in [0.25, 0.3) is 0 Å². The first-order valence-corrected chi connectivity index (χ1v) is 8.08. The fraction of sp³-hybridized carbons (Fsp3) is 0.667. The highest BCUT2D eigenvalue weighted by atomic mass is 16.5. The molecule has 124 valence electrons. The average molecular weight is 307 g/mol. The number of benzene rings is 1. The van der Waals surface area contributed by atoms with Gasteiger partial charge in [-0.05, 0) is 33.3 Å². The number of ether oxygens (including phenoxy) is 2. The van der Waals surface area contributed by atoms with E-state index < -0.39 is 6.10 Å². The Morgan fingerprint density at radius 2 is 1.95 bits per heavy atom. The molecule has 0 amide bonds. The Kier molecular flexibility index (Phi) is 5.98. The minimum absolute atomic E-state index is 0.0701. The van der Waals surface area contributed by atoms with E-state index in [9.17, 15) is 5.11 Å². The number of nitrogens with zero attached hydrogens (tertiary/aromatic N) is 1. The molecule has 0 bridgehead atoms. The van der Waals surface area contributed by atoms with E-state index in [1.54, 1.807) is 0 Å².